The fraction of sp³-hybridized carbons (Fsp3) is 0.600. The summed E-state index contributed by atoms with van der Waals surface area (Å²) in [6, 6.07) is 8.08. The van der Waals surface area contributed by atoms with Crippen molar-refractivity contribution in [3.8, 4) is 0 Å². The molecule has 4 heteroatoms. The minimum atomic E-state index is -0.128. The van der Waals surface area contributed by atoms with Gasteiger partial charge in [0.25, 0.3) is 0 Å². The van der Waals surface area contributed by atoms with E-state index >= 15 is 0 Å². The number of aliphatic hydroxyl groups excluding tert-OH is 1. The first-order chi connectivity index (χ1) is 9.03. The number of hydrogen-bond acceptors (Lipinski definition) is 4. The topological polar surface area (TPSA) is 52.7 Å². The van der Waals surface area contributed by atoms with E-state index in [1.54, 1.807) is 0 Å². The molecule has 0 aromatic heterocycles. The largest absolute Gasteiger partial charge is 0.399 e. The first-order valence-electron chi connectivity index (χ1n) is 6.99. The first kappa shape index (κ1) is 14.2. The molecule has 0 unspecified atom stereocenters. The molecule has 1 heterocycles. The Morgan fingerprint density at radius 3 is 2.42 bits per heavy atom. The average Bonchev–Trinajstić information content (AvgIpc) is 2.66. The number of benzene rings is 1. The molecule has 0 spiro atoms. The molecule has 4 nitrogen and oxygen atoms in total. The van der Waals surface area contributed by atoms with Crippen LogP contribution in [-0.4, -0.2) is 48.3 Å². The number of rotatable bonds is 3. The van der Waals surface area contributed by atoms with Crippen molar-refractivity contribution in [1.82, 2.24) is 4.90 Å². The maximum Gasteiger partial charge on any atom is 0.0610 e. The molecule has 0 radical (unpaired) electrons. The monoisotopic (exact) mass is 263 g/mol. The highest BCUT2D eigenvalue weighted by molar-refractivity contribution is 5.53. The quantitative estimate of drug-likeness (QED) is 0.813. The summed E-state index contributed by atoms with van der Waals surface area (Å²) < 4.78 is 0. The van der Waals surface area contributed by atoms with Gasteiger partial charge in [-0.3, -0.25) is 4.90 Å². The second-order valence-corrected chi connectivity index (χ2v) is 5.89. The Morgan fingerprint density at radius 2 is 1.79 bits per heavy atom. The van der Waals surface area contributed by atoms with E-state index in [0.29, 0.717) is 0 Å². The van der Waals surface area contributed by atoms with Gasteiger partial charge in [-0.15, -0.1) is 0 Å². The molecule has 1 fully saturated rings. The molecule has 19 heavy (non-hydrogen) atoms. The maximum atomic E-state index is 9.48. The van der Waals surface area contributed by atoms with Crippen molar-refractivity contribution in [2.45, 2.75) is 25.8 Å². The van der Waals surface area contributed by atoms with Gasteiger partial charge < -0.3 is 15.7 Å². The maximum absolute atomic E-state index is 9.48. The summed E-state index contributed by atoms with van der Waals surface area (Å²) in [4.78, 5) is 4.77. The van der Waals surface area contributed by atoms with Gasteiger partial charge in [-0.1, -0.05) is 0 Å². The number of nitrogens with zero attached hydrogens (tertiary/aromatic N) is 2. The Hall–Kier alpha value is -1.26. The minimum absolute atomic E-state index is 0.128. The van der Waals surface area contributed by atoms with Crippen molar-refractivity contribution in [2.24, 2.45) is 0 Å². The molecule has 1 aliphatic heterocycles. The van der Waals surface area contributed by atoms with E-state index in [9.17, 15) is 5.11 Å². The van der Waals surface area contributed by atoms with Crippen LogP contribution >= 0.6 is 0 Å². The summed E-state index contributed by atoms with van der Waals surface area (Å²) in [5.41, 5.74) is 7.64. The van der Waals surface area contributed by atoms with Gasteiger partial charge in [0.2, 0.25) is 0 Å². The predicted molar refractivity (Wildman–Crippen MR) is 80.4 cm³/mol. The van der Waals surface area contributed by atoms with Gasteiger partial charge in [0, 0.05) is 43.1 Å². The fourth-order valence-corrected chi connectivity index (χ4v) is 2.57. The third-order valence-electron chi connectivity index (χ3n) is 4.00. The Balaban J connectivity index is 2.02. The number of nitrogens with two attached hydrogens (primary N) is 1. The van der Waals surface area contributed by atoms with Crippen LogP contribution in [0, 0.1) is 0 Å². The third-order valence-corrected chi connectivity index (χ3v) is 4.00. The molecule has 0 saturated carbocycles. The second-order valence-electron chi connectivity index (χ2n) is 5.89. The van der Waals surface area contributed by atoms with E-state index in [-0.39, 0.29) is 12.1 Å². The van der Waals surface area contributed by atoms with Gasteiger partial charge in [0.15, 0.2) is 0 Å². The van der Waals surface area contributed by atoms with Crippen LogP contribution in [0.2, 0.25) is 0 Å². The van der Waals surface area contributed by atoms with Gasteiger partial charge in [-0.25, -0.2) is 0 Å². The molecule has 1 aromatic rings. The Morgan fingerprint density at radius 1 is 1.11 bits per heavy atom. The zero-order valence-corrected chi connectivity index (χ0v) is 12.0. The summed E-state index contributed by atoms with van der Waals surface area (Å²) in [6.45, 7) is 8.48. The number of aliphatic hydroxyl groups is 1. The van der Waals surface area contributed by atoms with Crippen LogP contribution in [-0.2, 0) is 0 Å². The number of anilines is 2. The first-order valence-corrected chi connectivity index (χ1v) is 6.99. The zero-order valence-electron chi connectivity index (χ0n) is 12.0. The van der Waals surface area contributed by atoms with Gasteiger partial charge in [0.05, 0.1) is 6.61 Å². The summed E-state index contributed by atoms with van der Waals surface area (Å²) in [5.74, 6) is 0. The Kier molecular flexibility index (Phi) is 4.32. The van der Waals surface area contributed by atoms with Crippen molar-refractivity contribution in [3.05, 3.63) is 24.3 Å². The normalized spacial score (nSPS) is 18.4. The van der Waals surface area contributed by atoms with E-state index in [4.69, 9.17) is 5.73 Å². The van der Waals surface area contributed by atoms with Gasteiger partial charge in [0.1, 0.15) is 0 Å². The van der Waals surface area contributed by atoms with Gasteiger partial charge in [-0.2, -0.15) is 0 Å². The van der Waals surface area contributed by atoms with Crippen LogP contribution < -0.4 is 10.6 Å². The Bertz CT molecular complexity index is 402. The smallest absolute Gasteiger partial charge is 0.0610 e. The standard InChI is InChI=1S/C15H25N3O/c1-15(2,12-19)18-9-3-8-17(10-11-18)14-6-4-13(16)5-7-14/h4-7,19H,3,8-12,16H2,1-2H3. The van der Waals surface area contributed by atoms with Crippen LogP contribution in [0.4, 0.5) is 11.4 Å². The molecule has 0 atom stereocenters. The average molecular weight is 263 g/mol. The Labute approximate surface area is 115 Å². The number of hydrogen-bond donors (Lipinski definition) is 2. The van der Waals surface area contributed by atoms with Crippen LogP contribution in [0.15, 0.2) is 24.3 Å². The highest BCUT2D eigenvalue weighted by Gasteiger charge is 2.27. The molecule has 1 aliphatic rings. The van der Waals surface area contributed by atoms with Crippen molar-refractivity contribution < 1.29 is 5.11 Å². The fourth-order valence-electron chi connectivity index (χ4n) is 2.57. The molecule has 1 saturated heterocycles. The minimum Gasteiger partial charge on any atom is -0.399 e. The van der Waals surface area contributed by atoms with Crippen molar-refractivity contribution >= 4 is 11.4 Å². The SMILES string of the molecule is CC(C)(CO)N1CCCN(c2ccc(N)cc2)CC1. The van der Waals surface area contributed by atoms with E-state index in [0.717, 1.165) is 38.3 Å². The molecule has 1 aromatic carbocycles. The van der Waals surface area contributed by atoms with Crippen LogP contribution in [0.1, 0.15) is 20.3 Å². The van der Waals surface area contributed by atoms with E-state index in [1.165, 1.54) is 5.69 Å². The molecular formula is C15H25N3O. The summed E-state index contributed by atoms with van der Waals surface area (Å²) in [6.07, 6.45) is 1.12. The molecule has 0 bridgehead atoms. The van der Waals surface area contributed by atoms with E-state index in [2.05, 4.69) is 35.8 Å². The van der Waals surface area contributed by atoms with E-state index in [1.807, 2.05) is 12.1 Å². The lowest BCUT2D eigenvalue weighted by Gasteiger charge is -2.36. The molecule has 0 amide bonds. The number of nitrogen functional groups attached to an aromatic ring is 1. The van der Waals surface area contributed by atoms with Crippen LogP contribution in [0.5, 0.6) is 0 Å². The highest BCUT2D eigenvalue weighted by atomic mass is 16.3. The van der Waals surface area contributed by atoms with E-state index < -0.39 is 0 Å². The zero-order chi connectivity index (χ0) is 13.9. The van der Waals surface area contributed by atoms with Crippen LogP contribution in [0.3, 0.4) is 0 Å². The van der Waals surface area contributed by atoms with Crippen LogP contribution in [0.25, 0.3) is 0 Å². The third kappa shape index (κ3) is 3.39. The van der Waals surface area contributed by atoms with Crippen molar-refractivity contribution in [1.29, 1.82) is 0 Å². The summed E-state index contributed by atoms with van der Waals surface area (Å²) in [5, 5.41) is 9.48. The van der Waals surface area contributed by atoms with Gasteiger partial charge >= 0.3 is 0 Å². The molecular weight excluding hydrogens is 238 g/mol. The second kappa shape index (κ2) is 5.80. The van der Waals surface area contributed by atoms with Crippen molar-refractivity contribution in [2.75, 3.05) is 43.4 Å². The lowest BCUT2D eigenvalue weighted by atomic mass is 10.0. The highest BCUT2D eigenvalue weighted by Crippen LogP contribution is 2.21. The summed E-state index contributed by atoms with van der Waals surface area (Å²) in [7, 11) is 0. The lowest BCUT2D eigenvalue weighted by molar-refractivity contribution is 0.0629. The van der Waals surface area contributed by atoms with Gasteiger partial charge in [-0.05, 0) is 44.5 Å². The van der Waals surface area contributed by atoms with Crippen molar-refractivity contribution in [3.63, 3.8) is 0 Å². The molecule has 0 aliphatic carbocycles. The predicted octanol–water partition coefficient (Wildman–Crippen LogP) is 1.55. The summed E-state index contributed by atoms with van der Waals surface area (Å²) >= 11 is 0. The lowest BCUT2D eigenvalue weighted by Crippen LogP contribution is -2.48. The molecule has 106 valence electrons. The molecule has 3 N–H and O–H groups in total. The molecule has 2 rings (SSSR count).